The Bertz CT molecular complexity index is 405. The predicted octanol–water partition coefficient (Wildman–Crippen LogP) is 2.45. The average Bonchev–Trinajstić information content (AvgIpc) is 2.22. The highest BCUT2D eigenvalue weighted by Gasteiger charge is 2.01. The third-order valence-electron chi connectivity index (χ3n) is 1.68. The Kier molecular flexibility index (Phi) is 4.44. The number of hydrogen-bond donors (Lipinski definition) is 1. The van der Waals surface area contributed by atoms with Gasteiger partial charge in [0.1, 0.15) is 11.6 Å². The lowest BCUT2D eigenvalue weighted by atomic mass is 10.3. The summed E-state index contributed by atoms with van der Waals surface area (Å²) >= 11 is 0. The smallest absolute Gasteiger partial charge is 0.332 e. The number of carbonyl (C=O) groups excluding carboxylic acids is 1. The van der Waals surface area contributed by atoms with Gasteiger partial charge in [-0.2, -0.15) is 0 Å². The molecule has 0 saturated carbocycles. The van der Waals surface area contributed by atoms with Crippen LogP contribution in [0.3, 0.4) is 0 Å². The van der Waals surface area contributed by atoms with Gasteiger partial charge in [-0.25, -0.2) is 13.6 Å². The second kappa shape index (κ2) is 5.85. The van der Waals surface area contributed by atoms with E-state index in [1.54, 1.807) is 6.92 Å². The van der Waals surface area contributed by atoms with Crippen LogP contribution in [0, 0.1) is 11.6 Å². The maximum absolute atomic E-state index is 13.1. The molecule has 3 nitrogen and oxygen atoms in total. The van der Waals surface area contributed by atoms with Gasteiger partial charge in [-0.1, -0.05) is 0 Å². The number of rotatable bonds is 4. The maximum Gasteiger partial charge on any atom is 0.332 e. The fraction of sp³-hybridized carbons (Fsp3) is 0.182. The molecule has 1 N–H and O–H groups in total. The summed E-state index contributed by atoms with van der Waals surface area (Å²) in [6.07, 6.45) is 2.35. The molecule has 0 fully saturated rings. The third-order valence-corrected chi connectivity index (χ3v) is 1.68. The van der Waals surface area contributed by atoms with Gasteiger partial charge in [0.15, 0.2) is 0 Å². The Balaban J connectivity index is 2.57. The zero-order valence-corrected chi connectivity index (χ0v) is 8.67. The van der Waals surface area contributed by atoms with Gasteiger partial charge in [0.05, 0.1) is 12.3 Å². The van der Waals surface area contributed by atoms with E-state index in [0.29, 0.717) is 0 Å². The van der Waals surface area contributed by atoms with Crippen LogP contribution in [-0.4, -0.2) is 12.6 Å². The Labute approximate surface area is 91.7 Å². The van der Waals surface area contributed by atoms with Crippen LogP contribution >= 0.6 is 0 Å². The summed E-state index contributed by atoms with van der Waals surface area (Å²) in [5.41, 5.74) is 0.0851. The molecule has 0 aliphatic rings. The lowest BCUT2D eigenvalue weighted by Gasteiger charge is -2.02. The maximum atomic E-state index is 13.1. The molecule has 0 aliphatic heterocycles. The summed E-state index contributed by atoms with van der Waals surface area (Å²) in [4.78, 5) is 10.9. The molecule has 0 unspecified atom stereocenters. The van der Waals surface area contributed by atoms with Gasteiger partial charge in [-0.15, -0.1) is 0 Å². The van der Waals surface area contributed by atoms with Crippen molar-refractivity contribution in [3.8, 4) is 0 Å². The first-order valence-corrected chi connectivity index (χ1v) is 4.68. The predicted molar refractivity (Wildman–Crippen MR) is 55.8 cm³/mol. The minimum absolute atomic E-state index is 0.0851. The number of benzene rings is 1. The highest BCUT2D eigenvalue weighted by molar-refractivity contribution is 5.82. The van der Waals surface area contributed by atoms with Crippen molar-refractivity contribution in [1.29, 1.82) is 0 Å². The molecule has 0 atom stereocenters. The second-order valence-electron chi connectivity index (χ2n) is 2.85. The number of hydrogen-bond acceptors (Lipinski definition) is 3. The lowest BCUT2D eigenvalue weighted by Crippen LogP contribution is -2.01. The molecule has 0 aliphatic carbocycles. The largest absolute Gasteiger partial charge is 0.463 e. The van der Waals surface area contributed by atoms with Crippen molar-refractivity contribution in [1.82, 2.24) is 0 Å². The molecule has 0 aromatic heterocycles. The summed E-state index contributed by atoms with van der Waals surface area (Å²) < 4.78 is 30.2. The van der Waals surface area contributed by atoms with Gasteiger partial charge >= 0.3 is 5.97 Å². The second-order valence-corrected chi connectivity index (χ2v) is 2.85. The SMILES string of the molecule is CCOC(=O)C=CNc1ccc(F)cc1F. The monoisotopic (exact) mass is 227 g/mol. The van der Waals surface area contributed by atoms with Gasteiger partial charge in [0.2, 0.25) is 0 Å². The van der Waals surface area contributed by atoms with E-state index in [-0.39, 0.29) is 12.3 Å². The number of esters is 1. The number of halogens is 2. The lowest BCUT2D eigenvalue weighted by molar-refractivity contribution is -0.137. The molecular weight excluding hydrogens is 216 g/mol. The molecule has 0 spiro atoms. The Morgan fingerprint density at radius 1 is 1.50 bits per heavy atom. The first kappa shape index (κ1) is 12.2. The van der Waals surface area contributed by atoms with Gasteiger partial charge < -0.3 is 10.1 Å². The molecule has 1 aromatic carbocycles. The zero-order chi connectivity index (χ0) is 12.0. The van der Waals surface area contributed by atoms with E-state index in [1.165, 1.54) is 12.3 Å². The summed E-state index contributed by atoms with van der Waals surface area (Å²) in [5.74, 6) is -1.91. The minimum Gasteiger partial charge on any atom is -0.463 e. The molecule has 1 aromatic rings. The van der Waals surface area contributed by atoms with E-state index in [4.69, 9.17) is 0 Å². The molecule has 5 heteroatoms. The first-order valence-electron chi connectivity index (χ1n) is 4.68. The van der Waals surface area contributed by atoms with Crippen molar-refractivity contribution in [3.05, 3.63) is 42.1 Å². The summed E-state index contributed by atoms with van der Waals surface area (Å²) in [6.45, 7) is 1.95. The molecule has 0 amide bonds. The molecule has 1 rings (SSSR count). The number of ether oxygens (including phenoxy) is 1. The van der Waals surface area contributed by atoms with Crippen LogP contribution < -0.4 is 5.32 Å². The summed E-state index contributed by atoms with van der Waals surface area (Å²) in [7, 11) is 0. The number of carbonyl (C=O) groups is 1. The van der Waals surface area contributed by atoms with Crippen molar-refractivity contribution in [2.75, 3.05) is 11.9 Å². The van der Waals surface area contributed by atoms with Crippen LogP contribution in [0.5, 0.6) is 0 Å². The highest BCUT2D eigenvalue weighted by atomic mass is 19.1. The quantitative estimate of drug-likeness (QED) is 0.634. The van der Waals surface area contributed by atoms with Crippen LogP contribution in [0.4, 0.5) is 14.5 Å². The Morgan fingerprint density at radius 2 is 2.25 bits per heavy atom. The van der Waals surface area contributed by atoms with E-state index in [2.05, 4.69) is 10.1 Å². The third kappa shape index (κ3) is 3.68. The molecule has 0 heterocycles. The van der Waals surface area contributed by atoms with Crippen LogP contribution in [0.15, 0.2) is 30.5 Å². The zero-order valence-electron chi connectivity index (χ0n) is 8.67. The van der Waals surface area contributed by atoms with Gasteiger partial charge in [-0.3, -0.25) is 0 Å². The van der Waals surface area contributed by atoms with E-state index in [0.717, 1.165) is 18.2 Å². The van der Waals surface area contributed by atoms with Crippen LogP contribution in [0.25, 0.3) is 0 Å². The van der Waals surface area contributed by atoms with Crippen molar-refractivity contribution >= 4 is 11.7 Å². The molecule has 0 saturated heterocycles. The Hall–Kier alpha value is -1.91. The Morgan fingerprint density at radius 3 is 2.88 bits per heavy atom. The van der Waals surface area contributed by atoms with E-state index >= 15 is 0 Å². The summed E-state index contributed by atoms with van der Waals surface area (Å²) in [5, 5.41) is 2.51. The van der Waals surface area contributed by atoms with Crippen molar-refractivity contribution in [2.24, 2.45) is 0 Å². The molecule has 16 heavy (non-hydrogen) atoms. The van der Waals surface area contributed by atoms with Crippen molar-refractivity contribution in [2.45, 2.75) is 6.92 Å². The molecular formula is C11H11F2NO2. The first-order chi connectivity index (χ1) is 7.63. The highest BCUT2D eigenvalue weighted by Crippen LogP contribution is 2.14. The van der Waals surface area contributed by atoms with E-state index < -0.39 is 17.6 Å². The number of nitrogens with one attached hydrogen (secondary N) is 1. The average molecular weight is 227 g/mol. The van der Waals surface area contributed by atoms with Crippen molar-refractivity contribution < 1.29 is 18.3 Å². The number of anilines is 1. The summed E-state index contributed by atoms with van der Waals surface area (Å²) in [6, 6.07) is 3.10. The fourth-order valence-electron chi connectivity index (χ4n) is 0.996. The van der Waals surface area contributed by atoms with Crippen LogP contribution in [0.2, 0.25) is 0 Å². The minimum atomic E-state index is -0.728. The fourth-order valence-corrected chi connectivity index (χ4v) is 0.996. The van der Waals surface area contributed by atoms with Crippen LogP contribution in [-0.2, 0) is 9.53 Å². The van der Waals surface area contributed by atoms with Gasteiger partial charge in [-0.05, 0) is 19.1 Å². The van der Waals surface area contributed by atoms with E-state index in [9.17, 15) is 13.6 Å². The van der Waals surface area contributed by atoms with Crippen molar-refractivity contribution in [3.63, 3.8) is 0 Å². The topological polar surface area (TPSA) is 38.3 Å². The standard InChI is InChI=1S/C11H11F2NO2/c1-2-16-11(15)5-6-14-10-4-3-8(12)7-9(10)13/h3-7,14H,2H2,1H3. The normalized spacial score (nSPS) is 10.4. The molecule has 0 radical (unpaired) electrons. The van der Waals surface area contributed by atoms with Crippen LogP contribution in [0.1, 0.15) is 6.92 Å². The molecule has 0 bridgehead atoms. The van der Waals surface area contributed by atoms with Gasteiger partial charge in [0.25, 0.3) is 0 Å². The molecule has 86 valence electrons. The van der Waals surface area contributed by atoms with E-state index in [1.807, 2.05) is 0 Å². The van der Waals surface area contributed by atoms with Gasteiger partial charge in [0, 0.05) is 18.3 Å².